The van der Waals surface area contributed by atoms with Crippen molar-refractivity contribution in [2.75, 3.05) is 6.54 Å². The first-order valence-corrected chi connectivity index (χ1v) is 12.2. The summed E-state index contributed by atoms with van der Waals surface area (Å²) in [6, 6.07) is 12.4. The second kappa shape index (κ2) is 10.1. The summed E-state index contributed by atoms with van der Waals surface area (Å²) in [5.74, 6) is -1.71. The highest BCUT2D eigenvalue weighted by molar-refractivity contribution is 7.90. The first kappa shape index (κ1) is 24.7. The molecule has 0 saturated carbocycles. The molecular weight excluding hydrogens is 488 g/mol. The van der Waals surface area contributed by atoms with Crippen molar-refractivity contribution in [2.45, 2.75) is 24.7 Å². The maximum Gasteiger partial charge on any atom is 0.268 e. The van der Waals surface area contributed by atoms with Crippen molar-refractivity contribution in [1.29, 1.82) is 0 Å². The Labute approximate surface area is 205 Å². The standard InChI is InChI=1S/C25H19F2N5O3S/c1-16-5-8-18(9-6-16)36(33,34)32-13-11-19-20(4-3-12-30-31-28)25(22(27)15-24(19)32)35-17-7-10-21(26)23(14-17)29-2/h5-11,13-15H,3-4,12H2,1H3. The van der Waals surface area contributed by atoms with Crippen molar-refractivity contribution < 1.29 is 21.9 Å². The first-order valence-electron chi connectivity index (χ1n) is 10.8. The molecule has 0 aliphatic carbocycles. The molecule has 0 unspecified atom stereocenters. The Bertz CT molecular complexity index is 1650. The third-order valence-corrected chi connectivity index (χ3v) is 7.26. The molecular formula is C25H19F2N5O3S. The third kappa shape index (κ3) is 4.73. The molecule has 4 rings (SSSR count). The lowest BCUT2D eigenvalue weighted by molar-refractivity contribution is 0.436. The molecule has 0 fully saturated rings. The fourth-order valence-corrected chi connectivity index (χ4v) is 5.14. The minimum Gasteiger partial charge on any atom is -0.455 e. The van der Waals surface area contributed by atoms with E-state index in [0.29, 0.717) is 17.4 Å². The Kier molecular flexibility index (Phi) is 6.92. The van der Waals surface area contributed by atoms with Gasteiger partial charge in [-0.25, -0.2) is 26.0 Å². The Morgan fingerprint density at radius 3 is 2.53 bits per heavy atom. The lowest BCUT2D eigenvalue weighted by Gasteiger charge is -2.15. The van der Waals surface area contributed by atoms with Gasteiger partial charge < -0.3 is 4.74 Å². The van der Waals surface area contributed by atoms with Crippen LogP contribution in [0.2, 0.25) is 0 Å². The number of azide groups is 1. The normalized spacial score (nSPS) is 11.2. The van der Waals surface area contributed by atoms with E-state index in [1.54, 1.807) is 18.2 Å². The van der Waals surface area contributed by atoms with Crippen LogP contribution in [-0.2, 0) is 16.4 Å². The summed E-state index contributed by atoms with van der Waals surface area (Å²) in [7, 11) is -4.02. The van der Waals surface area contributed by atoms with E-state index in [-0.39, 0.29) is 40.6 Å². The molecule has 11 heteroatoms. The minimum atomic E-state index is -4.02. The van der Waals surface area contributed by atoms with Crippen molar-refractivity contribution >= 4 is 26.6 Å². The van der Waals surface area contributed by atoms with Gasteiger partial charge in [0.15, 0.2) is 11.6 Å². The van der Waals surface area contributed by atoms with Crippen LogP contribution < -0.4 is 4.74 Å². The number of halogens is 2. The van der Waals surface area contributed by atoms with Crippen LogP contribution in [0.5, 0.6) is 11.5 Å². The second-order valence-corrected chi connectivity index (χ2v) is 9.73. The Hall–Kier alpha value is -4.39. The first-order chi connectivity index (χ1) is 17.3. The maximum atomic E-state index is 15.5. The second-order valence-electron chi connectivity index (χ2n) is 7.91. The van der Waals surface area contributed by atoms with Gasteiger partial charge in [-0.3, -0.25) is 0 Å². The van der Waals surface area contributed by atoms with E-state index in [0.717, 1.165) is 27.7 Å². The highest BCUT2D eigenvalue weighted by Gasteiger charge is 2.24. The molecule has 0 aliphatic heterocycles. The van der Waals surface area contributed by atoms with Crippen molar-refractivity contribution in [1.82, 2.24) is 3.97 Å². The van der Waals surface area contributed by atoms with Crippen molar-refractivity contribution in [3.05, 3.63) is 105 Å². The fourth-order valence-electron chi connectivity index (χ4n) is 3.80. The molecule has 4 aromatic rings. The van der Waals surface area contributed by atoms with Crippen LogP contribution in [-0.4, -0.2) is 18.9 Å². The molecule has 36 heavy (non-hydrogen) atoms. The van der Waals surface area contributed by atoms with Gasteiger partial charge in [0.2, 0.25) is 5.69 Å². The molecule has 0 spiro atoms. The zero-order chi connectivity index (χ0) is 25.9. The van der Waals surface area contributed by atoms with E-state index in [2.05, 4.69) is 14.9 Å². The number of rotatable bonds is 8. The molecule has 1 aromatic heterocycles. The lowest BCUT2D eigenvalue weighted by atomic mass is 10.0. The van der Waals surface area contributed by atoms with Gasteiger partial charge in [0, 0.05) is 34.7 Å². The van der Waals surface area contributed by atoms with Gasteiger partial charge >= 0.3 is 0 Å². The predicted molar refractivity (Wildman–Crippen MR) is 131 cm³/mol. The van der Waals surface area contributed by atoms with E-state index in [1.165, 1.54) is 24.4 Å². The van der Waals surface area contributed by atoms with Crippen molar-refractivity contribution in [3.8, 4) is 11.5 Å². The van der Waals surface area contributed by atoms with Crippen LogP contribution in [0.3, 0.4) is 0 Å². The molecule has 8 nitrogen and oxygen atoms in total. The molecule has 182 valence electrons. The summed E-state index contributed by atoms with van der Waals surface area (Å²) in [5, 5.41) is 3.92. The van der Waals surface area contributed by atoms with Gasteiger partial charge in [0.25, 0.3) is 10.0 Å². The van der Waals surface area contributed by atoms with Crippen LogP contribution in [0.25, 0.3) is 26.2 Å². The van der Waals surface area contributed by atoms with Crippen molar-refractivity contribution in [2.24, 2.45) is 5.11 Å². The van der Waals surface area contributed by atoms with Gasteiger partial charge in [-0.2, -0.15) is 0 Å². The van der Waals surface area contributed by atoms with Crippen LogP contribution in [0.15, 0.2) is 70.8 Å². The quantitative estimate of drug-likeness (QED) is 0.0839. The minimum absolute atomic E-state index is 0.0451. The van der Waals surface area contributed by atoms with Gasteiger partial charge in [0.05, 0.1) is 17.0 Å². The monoisotopic (exact) mass is 507 g/mol. The average molecular weight is 508 g/mol. The number of aromatic nitrogens is 1. The smallest absolute Gasteiger partial charge is 0.268 e. The summed E-state index contributed by atoms with van der Waals surface area (Å²) in [6.07, 6.45) is 1.88. The number of hydrogen-bond acceptors (Lipinski definition) is 4. The molecule has 0 bridgehead atoms. The van der Waals surface area contributed by atoms with Crippen LogP contribution >= 0.6 is 0 Å². The molecule has 0 atom stereocenters. The van der Waals surface area contributed by atoms with E-state index < -0.39 is 21.7 Å². The van der Waals surface area contributed by atoms with Gasteiger partial charge in [-0.1, -0.05) is 22.8 Å². The maximum absolute atomic E-state index is 15.5. The fraction of sp³-hybridized carbons (Fsp3) is 0.160. The number of hydrogen-bond donors (Lipinski definition) is 0. The summed E-state index contributed by atoms with van der Waals surface area (Å²) in [5.41, 5.74) is 9.64. The van der Waals surface area contributed by atoms with Gasteiger partial charge in [0.1, 0.15) is 11.6 Å². The molecule has 0 N–H and O–H groups in total. The lowest BCUT2D eigenvalue weighted by Crippen LogP contribution is -2.12. The SMILES string of the molecule is [C-]#[N+]c1cc(Oc2c(F)cc3c(ccn3S(=O)(=O)c3ccc(C)cc3)c2CCCN=[N+]=[N-])ccc1F. The molecule has 1 heterocycles. The predicted octanol–water partition coefficient (Wildman–Crippen LogP) is 7.05. The van der Waals surface area contributed by atoms with Gasteiger partial charge in [-0.15, -0.1) is 0 Å². The number of fused-ring (bicyclic) bond motifs is 1. The molecule has 0 saturated heterocycles. The van der Waals surface area contributed by atoms with Crippen molar-refractivity contribution in [3.63, 3.8) is 0 Å². The molecule has 0 amide bonds. The average Bonchev–Trinajstić information content (AvgIpc) is 3.29. The van der Waals surface area contributed by atoms with E-state index in [9.17, 15) is 12.8 Å². The third-order valence-electron chi connectivity index (χ3n) is 5.55. The van der Waals surface area contributed by atoms with E-state index in [4.69, 9.17) is 16.8 Å². The van der Waals surface area contributed by atoms with E-state index in [1.807, 2.05) is 6.92 Å². The number of benzene rings is 3. The summed E-state index contributed by atoms with van der Waals surface area (Å²) < 4.78 is 62.6. The van der Waals surface area contributed by atoms with E-state index >= 15 is 4.39 Å². The molecule has 0 radical (unpaired) electrons. The Balaban J connectivity index is 1.86. The largest absolute Gasteiger partial charge is 0.455 e. The zero-order valence-corrected chi connectivity index (χ0v) is 19.8. The number of ether oxygens (including phenoxy) is 1. The number of aryl methyl sites for hydroxylation is 2. The van der Waals surface area contributed by atoms with Crippen LogP contribution in [0, 0.1) is 25.1 Å². The zero-order valence-electron chi connectivity index (χ0n) is 19.0. The topological polar surface area (TPSA) is 101 Å². The summed E-state index contributed by atoms with van der Waals surface area (Å²) in [6.45, 7) is 9.05. The molecule has 3 aromatic carbocycles. The van der Waals surface area contributed by atoms with Gasteiger partial charge in [-0.05, 0) is 61.7 Å². The highest BCUT2D eigenvalue weighted by atomic mass is 32.2. The van der Waals surface area contributed by atoms with Crippen LogP contribution in [0.1, 0.15) is 17.5 Å². The summed E-state index contributed by atoms with van der Waals surface area (Å²) in [4.78, 5) is 5.85. The summed E-state index contributed by atoms with van der Waals surface area (Å²) >= 11 is 0. The Morgan fingerprint density at radius 2 is 1.83 bits per heavy atom. The number of nitrogens with zero attached hydrogens (tertiary/aromatic N) is 5. The van der Waals surface area contributed by atoms with Crippen LogP contribution in [0.4, 0.5) is 14.5 Å². The Morgan fingerprint density at radius 1 is 1.08 bits per heavy atom. The highest BCUT2D eigenvalue weighted by Crippen LogP contribution is 2.38. The molecule has 0 aliphatic rings.